The number of rotatable bonds is 9. The van der Waals surface area contributed by atoms with Crippen LogP contribution in [0, 0.1) is 23.3 Å². The number of aryl methyl sites for hydroxylation is 1. The van der Waals surface area contributed by atoms with Crippen LogP contribution in [0.2, 0.25) is 0 Å². The van der Waals surface area contributed by atoms with Crippen molar-refractivity contribution in [3.05, 3.63) is 53.1 Å². The van der Waals surface area contributed by atoms with Crippen LogP contribution in [0.15, 0.2) is 34.3 Å². The Bertz CT molecular complexity index is 1440. The number of benzene rings is 2. The number of hydrogen-bond acceptors (Lipinski definition) is 7. The summed E-state index contributed by atoms with van der Waals surface area (Å²) in [5.74, 6) is -6.84. The van der Waals surface area contributed by atoms with E-state index in [9.17, 15) is 26.0 Å². The summed E-state index contributed by atoms with van der Waals surface area (Å²) in [5, 5.41) is 0.428. The van der Waals surface area contributed by atoms with Crippen molar-refractivity contribution in [1.29, 1.82) is 0 Å². The Morgan fingerprint density at radius 2 is 1.56 bits per heavy atom. The van der Waals surface area contributed by atoms with Crippen molar-refractivity contribution in [2.75, 3.05) is 59.2 Å². The van der Waals surface area contributed by atoms with E-state index >= 15 is 0 Å². The molecule has 14 heteroatoms. The van der Waals surface area contributed by atoms with Crippen molar-refractivity contribution < 1.29 is 35.5 Å². The van der Waals surface area contributed by atoms with Crippen LogP contribution in [0.5, 0.6) is 0 Å². The van der Waals surface area contributed by atoms with Crippen molar-refractivity contribution in [1.82, 2.24) is 18.8 Å². The molecule has 2 aliphatic rings. The van der Waals surface area contributed by atoms with Gasteiger partial charge < -0.3 is 14.0 Å². The summed E-state index contributed by atoms with van der Waals surface area (Å²) < 4.78 is 95.5. The van der Waals surface area contributed by atoms with Gasteiger partial charge in [0.15, 0.2) is 28.4 Å². The molecule has 2 saturated heterocycles. The summed E-state index contributed by atoms with van der Waals surface area (Å²) >= 11 is 1.04. The molecular formula is C25H28F4N4O4S2. The number of ether oxygens (including phenoxy) is 2. The van der Waals surface area contributed by atoms with Gasteiger partial charge in [-0.3, -0.25) is 4.90 Å². The third-order valence-corrected chi connectivity index (χ3v) is 9.71. The predicted octanol–water partition coefficient (Wildman–Crippen LogP) is 3.63. The highest BCUT2D eigenvalue weighted by molar-refractivity contribution is 7.98. The number of sulfonamides is 1. The number of nitrogens with zero attached hydrogens (tertiary/aromatic N) is 4. The van der Waals surface area contributed by atoms with Crippen molar-refractivity contribution in [2.45, 2.75) is 28.8 Å². The highest BCUT2D eigenvalue weighted by Crippen LogP contribution is 2.31. The van der Waals surface area contributed by atoms with E-state index in [2.05, 4.69) is 9.88 Å². The first-order valence-electron chi connectivity index (χ1n) is 12.6. The molecule has 3 heterocycles. The fraction of sp³-hybridized carbons (Fsp3) is 0.480. The fourth-order valence-corrected chi connectivity index (χ4v) is 7.09. The Balaban J connectivity index is 1.43. The van der Waals surface area contributed by atoms with Crippen LogP contribution >= 0.6 is 11.8 Å². The molecule has 5 rings (SSSR count). The molecule has 0 atom stereocenters. The van der Waals surface area contributed by atoms with Crippen molar-refractivity contribution >= 4 is 32.8 Å². The third kappa shape index (κ3) is 6.10. The molecule has 0 bridgehead atoms. The summed E-state index contributed by atoms with van der Waals surface area (Å²) in [7, 11) is -3.75. The molecule has 0 unspecified atom stereocenters. The summed E-state index contributed by atoms with van der Waals surface area (Å²) in [6.07, 6.45) is 0.751. The predicted molar refractivity (Wildman–Crippen MR) is 137 cm³/mol. The van der Waals surface area contributed by atoms with Crippen LogP contribution in [0.3, 0.4) is 0 Å². The lowest BCUT2D eigenvalue weighted by atomic mass is 10.2. The quantitative estimate of drug-likeness (QED) is 0.164. The minimum atomic E-state index is -3.75. The second-order valence-corrected chi connectivity index (χ2v) is 12.1. The molecule has 39 heavy (non-hydrogen) atoms. The Morgan fingerprint density at radius 1 is 0.872 bits per heavy atom. The Morgan fingerprint density at radius 3 is 2.28 bits per heavy atom. The number of hydrogen-bond donors (Lipinski definition) is 0. The van der Waals surface area contributed by atoms with Gasteiger partial charge in [-0.2, -0.15) is 4.31 Å². The Hall–Kier alpha value is -2.23. The monoisotopic (exact) mass is 588 g/mol. The van der Waals surface area contributed by atoms with Gasteiger partial charge in [-0.25, -0.2) is 31.0 Å². The van der Waals surface area contributed by atoms with Crippen molar-refractivity contribution in [3.63, 3.8) is 0 Å². The SMILES string of the molecule is O=S(=O)(c1ccc2c(c1)nc(SCc1cc(F)c(F)c(F)c1F)n2CCCN1CCOCC1)N1CCOCC1. The van der Waals surface area contributed by atoms with Crippen LogP contribution in [0.25, 0.3) is 11.0 Å². The fourth-order valence-electron chi connectivity index (χ4n) is 4.66. The molecule has 0 saturated carbocycles. The first-order chi connectivity index (χ1) is 18.8. The van der Waals surface area contributed by atoms with E-state index in [1.165, 1.54) is 16.4 Å². The van der Waals surface area contributed by atoms with Crippen LogP contribution in [-0.4, -0.2) is 86.3 Å². The molecule has 8 nitrogen and oxygen atoms in total. The van der Waals surface area contributed by atoms with E-state index in [1.54, 1.807) is 6.07 Å². The zero-order chi connectivity index (χ0) is 27.6. The minimum Gasteiger partial charge on any atom is -0.379 e. The number of thioether (sulfide) groups is 1. The highest BCUT2D eigenvalue weighted by Gasteiger charge is 2.27. The maximum absolute atomic E-state index is 14.3. The Kier molecular flexibility index (Phi) is 8.79. The van der Waals surface area contributed by atoms with Gasteiger partial charge in [0.2, 0.25) is 10.0 Å². The second kappa shape index (κ2) is 12.1. The van der Waals surface area contributed by atoms with Crippen LogP contribution in [-0.2, 0) is 31.8 Å². The number of halogens is 4. The molecule has 2 aliphatic heterocycles. The zero-order valence-electron chi connectivity index (χ0n) is 21.0. The molecule has 212 valence electrons. The third-order valence-electron chi connectivity index (χ3n) is 6.79. The van der Waals surface area contributed by atoms with Crippen LogP contribution in [0.4, 0.5) is 17.6 Å². The lowest BCUT2D eigenvalue weighted by Crippen LogP contribution is -2.40. The summed E-state index contributed by atoms with van der Waals surface area (Å²) in [5.41, 5.74) is 0.770. The smallest absolute Gasteiger partial charge is 0.243 e. The average Bonchev–Trinajstić information content (AvgIpc) is 3.30. The van der Waals surface area contributed by atoms with Gasteiger partial charge in [-0.15, -0.1) is 0 Å². The van der Waals surface area contributed by atoms with Gasteiger partial charge in [0.1, 0.15) is 0 Å². The number of morpholine rings is 2. The standard InChI is InChI=1S/C25H28F4N4O4S2/c26-19-14-17(22(27)24(29)23(19)28)16-38-25-30-20-15-18(39(34,35)32-8-12-37-13-9-32)2-3-21(20)33(25)5-1-4-31-6-10-36-11-7-31/h2-3,14-15H,1,4-13,16H2. The normalized spacial score (nSPS) is 17.7. The largest absolute Gasteiger partial charge is 0.379 e. The molecule has 0 amide bonds. The van der Waals surface area contributed by atoms with Gasteiger partial charge >= 0.3 is 0 Å². The van der Waals surface area contributed by atoms with Gasteiger partial charge in [0.05, 0.1) is 42.4 Å². The minimum absolute atomic E-state index is 0.0973. The topological polar surface area (TPSA) is 76.9 Å². The lowest BCUT2D eigenvalue weighted by Gasteiger charge is -2.26. The molecule has 2 fully saturated rings. The molecule has 0 aliphatic carbocycles. The molecule has 2 aromatic carbocycles. The summed E-state index contributed by atoms with van der Waals surface area (Å²) in [4.78, 5) is 6.98. The molecule has 1 aromatic heterocycles. The molecule has 0 radical (unpaired) electrons. The lowest BCUT2D eigenvalue weighted by molar-refractivity contribution is 0.0369. The Labute approximate surface area is 227 Å². The van der Waals surface area contributed by atoms with E-state index in [1.807, 2.05) is 4.57 Å². The van der Waals surface area contributed by atoms with Gasteiger partial charge in [-0.05, 0) is 30.7 Å². The number of fused-ring (bicyclic) bond motifs is 1. The maximum atomic E-state index is 14.3. The zero-order valence-corrected chi connectivity index (χ0v) is 22.7. The number of imidazole rings is 1. The van der Waals surface area contributed by atoms with E-state index in [-0.39, 0.29) is 29.3 Å². The molecule has 3 aromatic rings. The summed E-state index contributed by atoms with van der Waals surface area (Å²) in [6.45, 7) is 5.49. The molecule has 0 N–H and O–H groups in total. The van der Waals surface area contributed by atoms with E-state index in [4.69, 9.17) is 9.47 Å². The van der Waals surface area contributed by atoms with E-state index in [0.717, 1.165) is 37.8 Å². The average molecular weight is 589 g/mol. The van der Waals surface area contributed by atoms with Crippen molar-refractivity contribution in [3.8, 4) is 0 Å². The first kappa shape index (κ1) is 28.3. The molecular weight excluding hydrogens is 560 g/mol. The van der Waals surface area contributed by atoms with Gasteiger partial charge in [0.25, 0.3) is 0 Å². The highest BCUT2D eigenvalue weighted by atomic mass is 32.2. The van der Waals surface area contributed by atoms with Crippen LogP contribution in [0.1, 0.15) is 12.0 Å². The maximum Gasteiger partial charge on any atom is 0.243 e. The first-order valence-corrected chi connectivity index (χ1v) is 15.0. The molecule has 0 spiro atoms. The second-order valence-electron chi connectivity index (χ2n) is 9.27. The van der Waals surface area contributed by atoms with Gasteiger partial charge in [0, 0.05) is 50.6 Å². The van der Waals surface area contributed by atoms with Gasteiger partial charge in [-0.1, -0.05) is 11.8 Å². The van der Waals surface area contributed by atoms with Crippen LogP contribution < -0.4 is 0 Å². The van der Waals surface area contributed by atoms with E-state index in [0.29, 0.717) is 55.2 Å². The van der Waals surface area contributed by atoms with E-state index < -0.39 is 33.3 Å². The summed E-state index contributed by atoms with van der Waals surface area (Å²) in [6, 6.07) is 5.36. The number of aromatic nitrogens is 2. The van der Waals surface area contributed by atoms with Crippen molar-refractivity contribution in [2.24, 2.45) is 0 Å².